The highest BCUT2D eigenvalue weighted by molar-refractivity contribution is 6.31. The highest BCUT2D eigenvalue weighted by atomic mass is 16.5. The summed E-state index contributed by atoms with van der Waals surface area (Å²) in [7, 11) is 1.48. The Bertz CT molecular complexity index is 767. The molecule has 0 aliphatic carbocycles. The lowest BCUT2D eigenvalue weighted by molar-refractivity contribution is -0.129. The molecule has 1 aliphatic rings. The summed E-state index contributed by atoms with van der Waals surface area (Å²) in [4.78, 5) is 37.0. The van der Waals surface area contributed by atoms with Gasteiger partial charge in [0.15, 0.2) is 11.5 Å². The summed E-state index contributed by atoms with van der Waals surface area (Å²) < 4.78 is 10.7. The van der Waals surface area contributed by atoms with Crippen LogP contribution in [0.3, 0.4) is 0 Å². The fraction of sp³-hybridized carbons (Fsp3) is 0.167. The van der Waals surface area contributed by atoms with E-state index < -0.39 is 17.8 Å². The number of urea groups is 1. The molecular formula is C18H18N2O5. The Balaban J connectivity index is 2.35. The smallest absolute Gasteiger partial charge is 0.331 e. The van der Waals surface area contributed by atoms with Gasteiger partial charge in [-0.1, -0.05) is 24.8 Å². The quantitative estimate of drug-likeness (QED) is 0.465. The van der Waals surface area contributed by atoms with E-state index in [1.807, 2.05) is 0 Å². The zero-order valence-electron chi connectivity index (χ0n) is 13.8. The number of barbiturate groups is 1. The molecule has 0 bridgehead atoms. The van der Waals surface area contributed by atoms with E-state index in [-0.39, 0.29) is 12.1 Å². The second-order valence-electron chi connectivity index (χ2n) is 5.03. The van der Waals surface area contributed by atoms with Gasteiger partial charge < -0.3 is 9.47 Å². The first-order valence-corrected chi connectivity index (χ1v) is 7.43. The van der Waals surface area contributed by atoms with Crippen molar-refractivity contribution in [2.75, 3.05) is 20.3 Å². The molecule has 0 spiro atoms. The minimum Gasteiger partial charge on any atom is -0.493 e. The lowest BCUT2D eigenvalue weighted by atomic mass is 10.1. The van der Waals surface area contributed by atoms with Gasteiger partial charge in [-0.3, -0.25) is 19.8 Å². The molecule has 1 aromatic carbocycles. The van der Waals surface area contributed by atoms with Crippen LogP contribution >= 0.6 is 0 Å². The fourth-order valence-corrected chi connectivity index (χ4v) is 2.20. The van der Waals surface area contributed by atoms with Crippen LogP contribution in [0.5, 0.6) is 11.5 Å². The van der Waals surface area contributed by atoms with E-state index in [4.69, 9.17) is 9.47 Å². The fourth-order valence-electron chi connectivity index (χ4n) is 2.20. The lowest BCUT2D eigenvalue weighted by Crippen LogP contribution is -2.54. The number of carbonyl (C=O) groups is 3. The van der Waals surface area contributed by atoms with Crippen LogP contribution in [-0.4, -0.2) is 43.0 Å². The third-order valence-corrected chi connectivity index (χ3v) is 3.35. The SMILES string of the molecule is C=CCOc1ccc(C=C2C(=O)NC(=O)N(CC=C)C2=O)cc1OC. The summed E-state index contributed by atoms with van der Waals surface area (Å²) in [6, 6.07) is 4.19. The summed E-state index contributed by atoms with van der Waals surface area (Å²) in [6.45, 7) is 7.39. The van der Waals surface area contributed by atoms with Crippen molar-refractivity contribution in [2.45, 2.75) is 0 Å². The molecule has 130 valence electrons. The van der Waals surface area contributed by atoms with Crippen LogP contribution < -0.4 is 14.8 Å². The van der Waals surface area contributed by atoms with Gasteiger partial charge >= 0.3 is 6.03 Å². The van der Waals surface area contributed by atoms with Crippen LogP contribution in [0.4, 0.5) is 4.79 Å². The maximum atomic E-state index is 12.4. The van der Waals surface area contributed by atoms with Crippen LogP contribution in [-0.2, 0) is 9.59 Å². The molecule has 7 nitrogen and oxygen atoms in total. The molecule has 1 aromatic rings. The van der Waals surface area contributed by atoms with Gasteiger partial charge in [0.05, 0.1) is 7.11 Å². The second kappa shape index (κ2) is 7.96. The number of hydrogen-bond donors (Lipinski definition) is 1. The van der Waals surface area contributed by atoms with Crippen LogP contribution in [0.15, 0.2) is 49.1 Å². The normalized spacial score (nSPS) is 15.8. The molecule has 0 radical (unpaired) electrons. The van der Waals surface area contributed by atoms with Crippen LogP contribution in [0.2, 0.25) is 0 Å². The lowest BCUT2D eigenvalue weighted by Gasteiger charge is -2.25. The van der Waals surface area contributed by atoms with Crippen molar-refractivity contribution in [3.05, 3.63) is 54.6 Å². The highest BCUT2D eigenvalue weighted by Gasteiger charge is 2.34. The molecule has 1 heterocycles. The van der Waals surface area contributed by atoms with Gasteiger partial charge in [0.25, 0.3) is 11.8 Å². The number of hydrogen-bond acceptors (Lipinski definition) is 5. The Morgan fingerprint density at radius 1 is 1.16 bits per heavy atom. The van der Waals surface area contributed by atoms with Gasteiger partial charge in [-0.25, -0.2) is 4.79 Å². The van der Waals surface area contributed by atoms with Gasteiger partial charge in [0.1, 0.15) is 12.2 Å². The summed E-state index contributed by atoms with van der Waals surface area (Å²) in [5, 5.41) is 2.13. The Hall–Kier alpha value is -3.35. The van der Waals surface area contributed by atoms with Gasteiger partial charge in [0, 0.05) is 6.54 Å². The molecule has 0 aromatic heterocycles. The number of nitrogens with one attached hydrogen (secondary N) is 1. The molecule has 7 heteroatoms. The van der Waals surface area contributed by atoms with Crippen LogP contribution in [0.1, 0.15) is 5.56 Å². The highest BCUT2D eigenvalue weighted by Crippen LogP contribution is 2.29. The molecule has 25 heavy (non-hydrogen) atoms. The van der Waals surface area contributed by atoms with Crippen LogP contribution in [0, 0.1) is 0 Å². The molecule has 1 N–H and O–H groups in total. The first-order chi connectivity index (χ1) is 12.0. The van der Waals surface area contributed by atoms with Gasteiger partial charge in [-0.15, -0.1) is 6.58 Å². The van der Waals surface area contributed by atoms with Crippen molar-refractivity contribution in [1.82, 2.24) is 10.2 Å². The van der Waals surface area contributed by atoms with Crippen molar-refractivity contribution in [1.29, 1.82) is 0 Å². The average Bonchev–Trinajstić information content (AvgIpc) is 2.60. The van der Waals surface area contributed by atoms with E-state index in [1.165, 1.54) is 19.3 Å². The number of methoxy groups -OCH3 is 1. The molecule has 0 atom stereocenters. The number of carbonyl (C=O) groups excluding carboxylic acids is 3. The number of imide groups is 2. The van der Waals surface area contributed by atoms with E-state index in [1.54, 1.807) is 24.3 Å². The molecule has 1 fully saturated rings. The van der Waals surface area contributed by atoms with Crippen molar-refractivity contribution < 1.29 is 23.9 Å². The van der Waals surface area contributed by atoms with Gasteiger partial charge in [-0.05, 0) is 23.8 Å². The molecule has 1 aliphatic heterocycles. The van der Waals surface area contributed by atoms with Crippen molar-refractivity contribution >= 4 is 23.9 Å². The predicted octanol–water partition coefficient (Wildman–Crippen LogP) is 1.91. The Morgan fingerprint density at radius 2 is 1.92 bits per heavy atom. The van der Waals surface area contributed by atoms with Gasteiger partial charge in [0.2, 0.25) is 0 Å². The van der Waals surface area contributed by atoms with Crippen molar-refractivity contribution in [3.8, 4) is 11.5 Å². The Kier molecular flexibility index (Phi) is 5.73. The minimum absolute atomic E-state index is 0.00688. The first kappa shape index (κ1) is 18.0. The third kappa shape index (κ3) is 3.95. The number of ether oxygens (including phenoxy) is 2. The standard InChI is InChI=1S/C18H18N2O5/c1-4-8-20-17(22)13(16(21)19-18(20)23)10-12-6-7-14(25-9-5-2)15(11-12)24-3/h4-7,10-11H,1-2,8-9H2,3H3,(H,19,21,23). The second-order valence-corrected chi connectivity index (χ2v) is 5.03. The predicted molar refractivity (Wildman–Crippen MR) is 92.1 cm³/mol. The summed E-state index contributed by atoms with van der Waals surface area (Å²) in [5.74, 6) is -0.479. The van der Waals surface area contributed by atoms with Crippen molar-refractivity contribution in [3.63, 3.8) is 0 Å². The van der Waals surface area contributed by atoms with E-state index in [9.17, 15) is 14.4 Å². The first-order valence-electron chi connectivity index (χ1n) is 7.43. The summed E-state index contributed by atoms with van der Waals surface area (Å²) in [5.41, 5.74) is 0.400. The number of rotatable bonds is 7. The van der Waals surface area contributed by atoms with Crippen molar-refractivity contribution in [2.24, 2.45) is 0 Å². The number of nitrogens with zero attached hydrogens (tertiary/aromatic N) is 1. The van der Waals surface area contributed by atoms with E-state index in [0.717, 1.165) is 4.90 Å². The topological polar surface area (TPSA) is 84.9 Å². The van der Waals surface area contributed by atoms with E-state index in [0.29, 0.717) is 23.7 Å². The summed E-state index contributed by atoms with van der Waals surface area (Å²) >= 11 is 0. The average molecular weight is 342 g/mol. The Morgan fingerprint density at radius 3 is 2.56 bits per heavy atom. The Labute approximate surface area is 145 Å². The molecular weight excluding hydrogens is 324 g/mol. The molecule has 0 unspecified atom stereocenters. The minimum atomic E-state index is -0.766. The van der Waals surface area contributed by atoms with Gasteiger partial charge in [-0.2, -0.15) is 0 Å². The maximum Gasteiger partial charge on any atom is 0.331 e. The zero-order valence-corrected chi connectivity index (χ0v) is 13.8. The molecule has 2 rings (SSSR count). The largest absolute Gasteiger partial charge is 0.493 e. The molecule has 4 amide bonds. The summed E-state index contributed by atoms with van der Waals surface area (Å²) in [6.07, 6.45) is 4.39. The van der Waals surface area contributed by atoms with Crippen LogP contribution in [0.25, 0.3) is 6.08 Å². The molecule has 0 saturated carbocycles. The monoisotopic (exact) mass is 342 g/mol. The number of benzene rings is 1. The zero-order chi connectivity index (χ0) is 18.4. The van der Waals surface area contributed by atoms with E-state index in [2.05, 4.69) is 18.5 Å². The number of amides is 4. The third-order valence-electron chi connectivity index (χ3n) is 3.35. The molecule has 1 saturated heterocycles. The van der Waals surface area contributed by atoms with E-state index >= 15 is 0 Å². The maximum absolute atomic E-state index is 12.4.